The standard InChI is InChI=1S/C18H17ClFN3O3/c19-17-11-15(20)4-1-14(17)12-21-7-9-22(10-8-21)18(24)13-2-5-16(6-3-13)23(25)26/h1-6,11H,7-10,12H2. The van der Waals surface area contributed by atoms with Crippen LogP contribution in [0, 0.1) is 15.9 Å². The molecule has 2 aromatic carbocycles. The van der Waals surface area contributed by atoms with Gasteiger partial charge in [-0.05, 0) is 29.8 Å². The van der Waals surface area contributed by atoms with Crippen LogP contribution in [0.3, 0.4) is 0 Å². The van der Waals surface area contributed by atoms with Gasteiger partial charge in [-0.3, -0.25) is 19.8 Å². The first kappa shape index (κ1) is 18.3. The first-order valence-electron chi connectivity index (χ1n) is 8.14. The fraction of sp³-hybridized carbons (Fsp3) is 0.278. The highest BCUT2D eigenvalue weighted by atomic mass is 35.5. The summed E-state index contributed by atoms with van der Waals surface area (Å²) in [6.07, 6.45) is 0. The number of carbonyl (C=O) groups is 1. The maximum absolute atomic E-state index is 13.1. The van der Waals surface area contributed by atoms with E-state index in [1.807, 2.05) is 0 Å². The summed E-state index contributed by atoms with van der Waals surface area (Å²) in [5, 5.41) is 11.1. The van der Waals surface area contributed by atoms with Gasteiger partial charge >= 0.3 is 0 Å². The summed E-state index contributed by atoms with van der Waals surface area (Å²) in [6, 6.07) is 9.98. The van der Waals surface area contributed by atoms with Crippen LogP contribution in [0.4, 0.5) is 10.1 Å². The highest BCUT2D eigenvalue weighted by Crippen LogP contribution is 2.20. The van der Waals surface area contributed by atoms with Crippen LogP contribution < -0.4 is 0 Å². The molecule has 0 N–H and O–H groups in total. The lowest BCUT2D eigenvalue weighted by molar-refractivity contribution is -0.384. The molecule has 0 aromatic heterocycles. The average Bonchev–Trinajstić information content (AvgIpc) is 2.64. The molecule has 26 heavy (non-hydrogen) atoms. The molecule has 3 rings (SSSR count). The van der Waals surface area contributed by atoms with Crippen molar-refractivity contribution in [3.05, 3.63) is 74.5 Å². The van der Waals surface area contributed by atoms with E-state index in [-0.39, 0.29) is 17.4 Å². The number of nitro groups is 1. The van der Waals surface area contributed by atoms with Crippen molar-refractivity contribution in [1.82, 2.24) is 9.80 Å². The Labute approximate surface area is 154 Å². The fourth-order valence-electron chi connectivity index (χ4n) is 2.91. The molecule has 0 atom stereocenters. The molecule has 0 radical (unpaired) electrons. The number of rotatable bonds is 4. The van der Waals surface area contributed by atoms with Crippen molar-refractivity contribution in [2.24, 2.45) is 0 Å². The molecule has 1 aliphatic heterocycles. The smallest absolute Gasteiger partial charge is 0.269 e. The molecule has 1 amide bonds. The van der Waals surface area contributed by atoms with Gasteiger partial charge < -0.3 is 4.90 Å². The first-order valence-corrected chi connectivity index (χ1v) is 8.52. The van der Waals surface area contributed by atoms with Crippen LogP contribution in [0.15, 0.2) is 42.5 Å². The number of hydrogen-bond acceptors (Lipinski definition) is 4. The Morgan fingerprint density at radius 1 is 1.12 bits per heavy atom. The monoisotopic (exact) mass is 377 g/mol. The first-order chi connectivity index (χ1) is 12.4. The largest absolute Gasteiger partial charge is 0.336 e. The molecule has 0 bridgehead atoms. The SMILES string of the molecule is O=C(c1ccc([N+](=O)[O-])cc1)N1CCN(Cc2ccc(F)cc2Cl)CC1. The van der Waals surface area contributed by atoms with Gasteiger partial charge in [0.2, 0.25) is 0 Å². The third kappa shape index (κ3) is 4.17. The molecule has 1 aliphatic rings. The molecule has 0 spiro atoms. The molecule has 0 unspecified atom stereocenters. The van der Waals surface area contributed by atoms with E-state index < -0.39 is 4.92 Å². The van der Waals surface area contributed by atoms with E-state index in [1.165, 1.54) is 36.4 Å². The second kappa shape index (κ2) is 7.80. The molecule has 136 valence electrons. The maximum Gasteiger partial charge on any atom is 0.269 e. The Balaban J connectivity index is 1.57. The van der Waals surface area contributed by atoms with E-state index in [9.17, 15) is 19.3 Å². The molecule has 8 heteroatoms. The van der Waals surface area contributed by atoms with Crippen molar-refractivity contribution < 1.29 is 14.1 Å². The molecular weight excluding hydrogens is 361 g/mol. The van der Waals surface area contributed by atoms with E-state index in [4.69, 9.17) is 11.6 Å². The quantitative estimate of drug-likeness (QED) is 0.605. The van der Waals surface area contributed by atoms with Crippen LogP contribution >= 0.6 is 11.6 Å². The van der Waals surface area contributed by atoms with Crippen LogP contribution in [0.25, 0.3) is 0 Å². The minimum Gasteiger partial charge on any atom is -0.336 e. The van der Waals surface area contributed by atoms with E-state index >= 15 is 0 Å². The maximum atomic E-state index is 13.1. The van der Waals surface area contributed by atoms with Gasteiger partial charge in [0.05, 0.1) is 4.92 Å². The Hall–Kier alpha value is -2.51. The normalized spacial score (nSPS) is 15.1. The lowest BCUT2D eigenvalue weighted by Crippen LogP contribution is -2.48. The van der Waals surface area contributed by atoms with Gasteiger partial charge in [0, 0.05) is 55.4 Å². The molecule has 6 nitrogen and oxygen atoms in total. The zero-order valence-electron chi connectivity index (χ0n) is 13.9. The highest BCUT2D eigenvalue weighted by Gasteiger charge is 2.23. The zero-order valence-corrected chi connectivity index (χ0v) is 14.7. The van der Waals surface area contributed by atoms with Gasteiger partial charge in [-0.15, -0.1) is 0 Å². The van der Waals surface area contributed by atoms with Crippen molar-refractivity contribution in [2.75, 3.05) is 26.2 Å². The average molecular weight is 378 g/mol. The fourth-order valence-corrected chi connectivity index (χ4v) is 3.14. The van der Waals surface area contributed by atoms with Gasteiger partial charge in [0.1, 0.15) is 5.82 Å². The van der Waals surface area contributed by atoms with Gasteiger partial charge in [-0.2, -0.15) is 0 Å². The van der Waals surface area contributed by atoms with Crippen molar-refractivity contribution in [3.8, 4) is 0 Å². The number of non-ortho nitro benzene ring substituents is 1. The van der Waals surface area contributed by atoms with Crippen molar-refractivity contribution in [3.63, 3.8) is 0 Å². The predicted molar refractivity (Wildman–Crippen MR) is 95.7 cm³/mol. The number of benzene rings is 2. The molecule has 0 aliphatic carbocycles. The van der Waals surface area contributed by atoms with Crippen molar-refractivity contribution in [2.45, 2.75) is 6.54 Å². The minimum absolute atomic E-state index is 0.0393. The number of hydrogen-bond donors (Lipinski definition) is 0. The molecule has 2 aromatic rings. The summed E-state index contributed by atoms with van der Waals surface area (Å²) in [5.41, 5.74) is 1.25. The van der Waals surface area contributed by atoms with Gasteiger partial charge in [-0.25, -0.2) is 4.39 Å². The lowest BCUT2D eigenvalue weighted by Gasteiger charge is -2.35. The number of carbonyl (C=O) groups excluding carboxylic acids is 1. The van der Waals surface area contributed by atoms with Crippen LogP contribution in [0.5, 0.6) is 0 Å². The molecule has 1 fully saturated rings. The zero-order chi connectivity index (χ0) is 18.7. The number of nitrogens with zero attached hydrogens (tertiary/aromatic N) is 3. The topological polar surface area (TPSA) is 66.7 Å². The Morgan fingerprint density at radius 3 is 2.35 bits per heavy atom. The predicted octanol–water partition coefficient (Wildman–Crippen LogP) is 3.35. The van der Waals surface area contributed by atoms with Crippen LogP contribution in [0.2, 0.25) is 5.02 Å². The second-order valence-corrected chi connectivity index (χ2v) is 6.52. The number of halogens is 2. The number of amides is 1. The number of nitro benzene ring substituents is 1. The summed E-state index contributed by atoms with van der Waals surface area (Å²) in [4.78, 5) is 26.6. The van der Waals surface area contributed by atoms with Gasteiger partial charge in [-0.1, -0.05) is 17.7 Å². The van der Waals surface area contributed by atoms with Crippen LogP contribution in [-0.2, 0) is 6.54 Å². The molecular formula is C18H17ClFN3O3. The van der Waals surface area contributed by atoms with Gasteiger partial charge in [0.15, 0.2) is 0 Å². The summed E-state index contributed by atoms with van der Waals surface area (Å²) >= 11 is 6.06. The van der Waals surface area contributed by atoms with Crippen molar-refractivity contribution >= 4 is 23.2 Å². The third-order valence-electron chi connectivity index (χ3n) is 4.39. The van der Waals surface area contributed by atoms with Gasteiger partial charge in [0.25, 0.3) is 11.6 Å². The minimum atomic E-state index is -0.492. The summed E-state index contributed by atoms with van der Waals surface area (Å²) in [5.74, 6) is -0.503. The Bertz CT molecular complexity index is 821. The molecule has 1 heterocycles. The summed E-state index contributed by atoms with van der Waals surface area (Å²) in [7, 11) is 0. The number of piperazine rings is 1. The lowest BCUT2D eigenvalue weighted by atomic mass is 10.1. The van der Waals surface area contributed by atoms with E-state index in [0.717, 1.165) is 5.56 Å². The summed E-state index contributed by atoms with van der Waals surface area (Å²) < 4.78 is 13.1. The highest BCUT2D eigenvalue weighted by molar-refractivity contribution is 6.31. The van der Waals surface area contributed by atoms with Crippen molar-refractivity contribution in [1.29, 1.82) is 0 Å². The Morgan fingerprint density at radius 2 is 1.77 bits per heavy atom. The van der Waals surface area contributed by atoms with Crippen LogP contribution in [-0.4, -0.2) is 46.8 Å². The van der Waals surface area contributed by atoms with E-state index in [1.54, 1.807) is 11.0 Å². The van der Waals surface area contributed by atoms with E-state index in [0.29, 0.717) is 43.3 Å². The second-order valence-electron chi connectivity index (χ2n) is 6.11. The van der Waals surface area contributed by atoms with Crippen LogP contribution in [0.1, 0.15) is 15.9 Å². The third-order valence-corrected chi connectivity index (χ3v) is 4.75. The Kier molecular flexibility index (Phi) is 5.49. The van der Waals surface area contributed by atoms with E-state index in [2.05, 4.69) is 4.90 Å². The molecule has 1 saturated heterocycles. The summed E-state index contributed by atoms with van der Waals surface area (Å²) in [6.45, 7) is 3.04. The molecule has 0 saturated carbocycles.